The highest BCUT2D eigenvalue weighted by Crippen LogP contribution is 2.44. The summed E-state index contributed by atoms with van der Waals surface area (Å²) in [4.78, 5) is 78.2. The van der Waals surface area contributed by atoms with Crippen molar-refractivity contribution < 1.29 is 56.1 Å². The Bertz CT molecular complexity index is 2190. The van der Waals surface area contributed by atoms with Gasteiger partial charge in [-0.2, -0.15) is 13.2 Å². The summed E-state index contributed by atoms with van der Waals surface area (Å²) >= 11 is 0. The van der Waals surface area contributed by atoms with Gasteiger partial charge in [0.2, 0.25) is 29.5 Å². The number of methoxy groups -OCH3 is 1. The molecule has 17 nitrogen and oxygen atoms in total. The zero-order valence-electron chi connectivity index (χ0n) is 42.4. The van der Waals surface area contributed by atoms with E-state index >= 15 is 0 Å². The summed E-state index contributed by atoms with van der Waals surface area (Å²) in [5.41, 5.74) is 0.202. The number of likely N-dealkylation sites (tertiary alicyclic amines) is 1. The number of alkyl halides is 3. The highest BCUT2D eigenvalue weighted by atomic mass is 19.4. The van der Waals surface area contributed by atoms with Gasteiger partial charge in [0.25, 0.3) is 0 Å². The fourth-order valence-corrected chi connectivity index (χ4v) is 12.2. The van der Waals surface area contributed by atoms with Crippen molar-refractivity contribution in [1.82, 2.24) is 41.0 Å². The van der Waals surface area contributed by atoms with Crippen LogP contribution < -0.4 is 21.3 Å². The quantitative estimate of drug-likeness (QED) is 0.130. The zero-order chi connectivity index (χ0) is 51.5. The van der Waals surface area contributed by atoms with Crippen LogP contribution in [0.25, 0.3) is 0 Å². The average molecular weight is 1030 g/mol. The van der Waals surface area contributed by atoms with Crippen molar-refractivity contribution in [2.45, 2.75) is 164 Å². The molecule has 0 bridgehead atoms. The lowest BCUT2D eigenvalue weighted by Crippen LogP contribution is -2.51. The van der Waals surface area contributed by atoms with Crippen LogP contribution in [0.15, 0.2) is 36.8 Å². The summed E-state index contributed by atoms with van der Waals surface area (Å²) in [5.74, 6) is -1.10. The van der Waals surface area contributed by atoms with Crippen LogP contribution in [-0.2, 0) is 62.1 Å². The van der Waals surface area contributed by atoms with Gasteiger partial charge < -0.3 is 50.0 Å². The largest absolute Gasteiger partial charge is 0.417 e. The van der Waals surface area contributed by atoms with Crippen molar-refractivity contribution in [1.29, 1.82) is 0 Å². The molecule has 73 heavy (non-hydrogen) atoms. The van der Waals surface area contributed by atoms with Crippen molar-refractivity contribution in [2.75, 3.05) is 60.2 Å². The average Bonchev–Trinajstić information content (AvgIpc) is 3.95. The predicted molar refractivity (Wildman–Crippen MR) is 261 cm³/mol. The molecule has 402 valence electrons. The summed E-state index contributed by atoms with van der Waals surface area (Å²) in [7, 11) is 3.38. The SMILES string of the molecule is CO[C@@H]1COCC[C@@H]1N[C@@H]1CC[C@](CCNC(=O)C2CCC(NC(=O)CCCOC3CCC(OCCNC(=O)[C@H]4CC(=O)N(C)[C@@H]4c4cccnc4)CC3)CC2)(C(=O)N2CCc3ncc(C(F)(F)F)cc3C2)C1. The molecule has 3 aliphatic heterocycles. The van der Waals surface area contributed by atoms with Crippen LogP contribution in [0, 0.1) is 17.3 Å². The second kappa shape index (κ2) is 25.2. The maximum atomic E-state index is 14.6. The molecule has 8 rings (SSSR count). The summed E-state index contributed by atoms with van der Waals surface area (Å²) < 4.78 is 64.4. The molecule has 0 aromatic carbocycles. The first-order valence-corrected chi connectivity index (χ1v) is 26.6. The van der Waals surface area contributed by atoms with Gasteiger partial charge in [-0.1, -0.05) is 6.07 Å². The van der Waals surface area contributed by atoms with E-state index in [1.165, 1.54) is 0 Å². The van der Waals surface area contributed by atoms with Crippen LogP contribution in [-0.4, -0.2) is 146 Å². The van der Waals surface area contributed by atoms with Gasteiger partial charge in [-0.15, -0.1) is 0 Å². The first kappa shape index (κ1) is 54.5. The number of hydrogen-bond acceptors (Lipinski definition) is 12. The number of rotatable bonds is 20. The lowest BCUT2D eigenvalue weighted by Gasteiger charge is -2.38. The van der Waals surface area contributed by atoms with E-state index in [1.54, 1.807) is 42.4 Å². The highest BCUT2D eigenvalue weighted by Gasteiger charge is 2.49. The van der Waals surface area contributed by atoms with Gasteiger partial charge >= 0.3 is 6.18 Å². The predicted octanol–water partition coefficient (Wildman–Crippen LogP) is 4.95. The third-order valence-corrected chi connectivity index (χ3v) is 16.4. The molecule has 0 unspecified atom stereocenters. The van der Waals surface area contributed by atoms with Gasteiger partial charge in [0.1, 0.15) is 0 Å². The van der Waals surface area contributed by atoms with Crippen LogP contribution in [0.1, 0.15) is 131 Å². The molecular weight excluding hydrogens is 950 g/mol. The molecule has 3 aliphatic carbocycles. The minimum Gasteiger partial charge on any atom is -0.379 e. The van der Waals surface area contributed by atoms with Crippen molar-refractivity contribution in [3.8, 4) is 0 Å². The Kier molecular flexibility index (Phi) is 18.8. The molecule has 0 radical (unpaired) electrons. The number of hydrogen-bond donors (Lipinski definition) is 4. The van der Waals surface area contributed by atoms with Gasteiger partial charge in [0.15, 0.2) is 0 Å². The van der Waals surface area contributed by atoms with Crippen molar-refractivity contribution in [3.63, 3.8) is 0 Å². The van der Waals surface area contributed by atoms with Gasteiger partial charge in [-0.25, -0.2) is 0 Å². The van der Waals surface area contributed by atoms with Gasteiger partial charge in [-0.3, -0.25) is 33.9 Å². The molecule has 2 aromatic rings. The fraction of sp³-hybridized carbons (Fsp3) is 0.717. The summed E-state index contributed by atoms with van der Waals surface area (Å²) in [6.07, 6.45) is 10.4. The first-order valence-electron chi connectivity index (χ1n) is 26.6. The Hall–Kier alpha value is -4.76. The van der Waals surface area contributed by atoms with Crippen LogP contribution in [0.2, 0.25) is 0 Å². The molecule has 5 heterocycles. The lowest BCUT2D eigenvalue weighted by atomic mass is 9.80. The Morgan fingerprint density at radius 2 is 1.67 bits per heavy atom. The number of nitrogens with zero attached hydrogens (tertiary/aromatic N) is 4. The van der Waals surface area contributed by atoms with E-state index in [9.17, 15) is 37.1 Å². The van der Waals surface area contributed by atoms with E-state index in [1.807, 2.05) is 6.07 Å². The van der Waals surface area contributed by atoms with E-state index in [4.69, 9.17) is 18.9 Å². The van der Waals surface area contributed by atoms with Gasteiger partial charge in [0, 0.05) is 121 Å². The third-order valence-electron chi connectivity index (χ3n) is 16.4. The molecule has 0 spiro atoms. The maximum Gasteiger partial charge on any atom is 0.417 e. The van der Waals surface area contributed by atoms with Crippen molar-refractivity contribution in [2.24, 2.45) is 17.3 Å². The smallest absolute Gasteiger partial charge is 0.379 e. The molecule has 2 saturated heterocycles. The monoisotopic (exact) mass is 1020 g/mol. The van der Waals surface area contributed by atoms with E-state index in [0.29, 0.717) is 122 Å². The Morgan fingerprint density at radius 3 is 2.40 bits per heavy atom. The number of pyridine rings is 2. The van der Waals surface area contributed by atoms with Crippen molar-refractivity contribution in [3.05, 3.63) is 59.2 Å². The van der Waals surface area contributed by atoms with Crippen LogP contribution >= 0.6 is 0 Å². The fourth-order valence-electron chi connectivity index (χ4n) is 12.2. The number of ether oxygens (including phenoxy) is 4. The lowest BCUT2D eigenvalue weighted by molar-refractivity contribution is -0.144. The summed E-state index contributed by atoms with van der Waals surface area (Å²) in [5, 5.41) is 13.0. The molecule has 4 N–H and O–H groups in total. The van der Waals surface area contributed by atoms with Gasteiger partial charge in [-0.05, 0) is 113 Å². The number of fused-ring (bicyclic) bond motifs is 1. The van der Waals surface area contributed by atoms with Crippen molar-refractivity contribution >= 4 is 29.5 Å². The van der Waals surface area contributed by atoms with Gasteiger partial charge in [0.05, 0.1) is 54.5 Å². The summed E-state index contributed by atoms with van der Waals surface area (Å²) in [6, 6.07) is 4.55. The Labute approximate surface area is 426 Å². The van der Waals surface area contributed by atoms with E-state index in [0.717, 1.165) is 56.4 Å². The molecule has 2 aromatic heterocycles. The second-order valence-corrected chi connectivity index (χ2v) is 21.2. The standard InChI is InChI=1S/C53H75F3N8O9/c1-63-47(66)28-42(48(63)35-5-3-20-57-30-35)50(68)59-22-26-73-41-13-11-40(12-14-41)72-24-4-6-46(65)62-38-9-7-34(8-10-38)49(67)58-21-19-52(18-15-39(29-52)61-44-17-25-71-33-45(44)70-2)51(69)64-23-16-43-36(32-64)27-37(31-60-43)53(54,55)56/h3,5,20,27,30-31,34,38-42,44-45,48,61H,4,6-19,21-26,28-29,32-33H2,1-2H3,(H,58,67)(H,59,68)(H,62,65)/t34?,38?,39-,40?,41?,42+,44+,45-,48-,52-/m1/s1. The van der Waals surface area contributed by atoms with E-state index in [2.05, 4.69) is 31.2 Å². The number of aromatic nitrogens is 2. The number of halogens is 3. The summed E-state index contributed by atoms with van der Waals surface area (Å²) in [6.45, 7) is 3.05. The zero-order valence-corrected chi connectivity index (χ0v) is 42.4. The number of amides is 5. The molecule has 3 saturated carbocycles. The first-order chi connectivity index (χ1) is 35.2. The molecule has 6 aliphatic rings. The minimum absolute atomic E-state index is 0.00670. The maximum absolute atomic E-state index is 14.6. The topological polar surface area (TPSA) is 203 Å². The van der Waals surface area contributed by atoms with E-state index in [-0.39, 0.29) is 90.9 Å². The number of nitrogens with one attached hydrogen (secondary N) is 4. The normalized spacial score (nSPS) is 29.7. The Balaban J connectivity index is 0.706. The molecule has 5 amide bonds. The van der Waals surface area contributed by atoms with Crippen LogP contribution in [0.5, 0.6) is 0 Å². The third kappa shape index (κ3) is 14.1. The number of carbonyl (C=O) groups is 5. The minimum atomic E-state index is -4.54. The van der Waals surface area contributed by atoms with Crippen LogP contribution in [0.4, 0.5) is 13.2 Å². The second-order valence-electron chi connectivity index (χ2n) is 21.2. The van der Waals surface area contributed by atoms with Crippen LogP contribution in [0.3, 0.4) is 0 Å². The van der Waals surface area contributed by atoms with E-state index < -0.39 is 23.1 Å². The molecule has 20 heteroatoms. The number of carbonyl (C=O) groups excluding carboxylic acids is 5. The molecule has 6 atom stereocenters. The Morgan fingerprint density at radius 1 is 0.918 bits per heavy atom. The highest BCUT2D eigenvalue weighted by molar-refractivity contribution is 5.90. The molecule has 5 fully saturated rings. The molecular formula is C53H75F3N8O9.